The zero-order chi connectivity index (χ0) is 14.5. The van der Waals surface area contributed by atoms with Crippen molar-refractivity contribution < 1.29 is 13.7 Å². The van der Waals surface area contributed by atoms with E-state index in [9.17, 15) is 18.9 Å². The first-order chi connectivity index (χ1) is 9.59. The molecule has 20 heavy (non-hydrogen) atoms. The Labute approximate surface area is 119 Å². The Morgan fingerprint density at radius 3 is 2.70 bits per heavy atom. The van der Waals surface area contributed by atoms with E-state index in [2.05, 4.69) is 10.2 Å². The molecule has 0 amide bonds. The summed E-state index contributed by atoms with van der Waals surface area (Å²) in [6, 6.07) is 1.73. The van der Waals surface area contributed by atoms with Crippen LogP contribution in [0.1, 0.15) is 0 Å². The minimum atomic E-state index is -1.20. The van der Waals surface area contributed by atoms with Gasteiger partial charge in [0.15, 0.2) is 17.3 Å². The van der Waals surface area contributed by atoms with E-state index >= 15 is 0 Å². The summed E-state index contributed by atoms with van der Waals surface area (Å²) in [7, 11) is 0. The van der Waals surface area contributed by atoms with E-state index in [0.717, 1.165) is 36.7 Å². The average molecular weight is 303 g/mol. The van der Waals surface area contributed by atoms with E-state index < -0.39 is 22.2 Å². The van der Waals surface area contributed by atoms with E-state index in [0.29, 0.717) is 13.1 Å². The highest BCUT2D eigenvalue weighted by Crippen LogP contribution is 2.28. The molecule has 1 aromatic rings. The smallest absolute Gasteiger partial charge is 0.295 e. The lowest BCUT2D eigenvalue weighted by Crippen LogP contribution is -2.36. The normalized spacial score (nSPS) is 16.1. The van der Waals surface area contributed by atoms with E-state index in [4.69, 9.17) is 0 Å². The molecule has 110 valence electrons. The molecule has 0 aromatic heterocycles. The molecule has 0 unspecified atom stereocenters. The van der Waals surface area contributed by atoms with Crippen molar-refractivity contribution in [3.8, 4) is 0 Å². The van der Waals surface area contributed by atoms with Crippen molar-refractivity contribution >= 4 is 23.1 Å². The second-order valence-electron chi connectivity index (χ2n) is 4.39. The van der Waals surface area contributed by atoms with Crippen molar-refractivity contribution in [1.29, 1.82) is 0 Å². The first kappa shape index (κ1) is 15.0. The second kappa shape index (κ2) is 6.85. The summed E-state index contributed by atoms with van der Waals surface area (Å²) in [4.78, 5) is 12.3. The lowest BCUT2D eigenvalue weighted by atomic mass is 10.2. The zero-order valence-electron chi connectivity index (χ0n) is 10.8. The van der Waals surface area contributed by atoms with Gasteiger partial charge in [0.1, 0.15) is 0 Å². The fourth-order valence-corrected chi connectivity index (χ4v) is 3.00. The molecule has 1 aromatic carbocycles. The number of nitrogens with zero attached hydrogens (tertiary/aromatic N) is 2. The van der Waals surface area contributed by atoms with Crippen LogP contribution in [0.15, 0.2) is 12.1 Å². The molecule has 0 spiro atoms. The third kappa shape index (κ3) is 3.57. The van der Waals surface area contributed by atoms with Gasteiger partial charge in [-0.3, -0.25) is 15.0 Å². The standard InChI is InChI=1S/C12H15F2N3O2S/c13-9-1-2-10(17(18)19)12(11(9)14)15-3-4-16-5-7-20-8-6-16/h1-2,15H,3-8H2. The Kier molecular flexibility index (Phi) is 5.13. The third-order valence-electron chi connectivity index (χ3n) is 3.10. The number of halogens is 2. The highest BCUT2D eigenvalue weighted by Gasteiger charge is 2.21. The molecule has 8 heteroatoms. The van der Waals surface area contributed by atoms with Crippen LogP contribution in [0, 0.1) is 21.7 Å². The van der Waals surface area contributed by atoms with Crippen molar-refractivity contribution in [3.63, 3.8) is 0 Å². The third-order valence-corrected chi connectivity index (χ3v) is 4.05. The number of thioether (sulfide) groups is 1. The van der Waals surface area contributed by atoms with Gasteiger partial charge >= 0.3 is 0 Å². The van der Waals surface area contributed by atoms with Crippen LogP contribution in [0.4, 0.5) is 20.2 Å². The van der Waals surface area contributed by atoms with Gasteiger partial charge in [0, 0.05) is 43.8 Å². The summed E-state index contributed by atoms with van der Waals surface area (Å²) in [5, 5.41) is 13.5. The quantitative estimate of drug-likeness (QED) is 0.668. The number of nitro benzene ring substituents is 1. The maximum atomic E-state index is 13.6. The summed E-state index contributed by atoms with van der Waals surface area (Å²) in [5.41, 5.74) is -0.820. The Bertz CT molecular complexity index is 496. The Morgan fingerprint density at radius 1 is 1.35 bits per heavy atom. The molecule has 1 fully saturated rings. The van der Waals surface area contributed by atoms with Gasteiger partial charge in [-0.25, -0.2) is 8.78 Å². The van der Waals surface area contributed by atoms with Crippen molar-refractivity contribution in [2.45, 2.75) is 0 Å². The summed E-state index contributed by atoms with van der Waals surface area (Å²) in [6.07, 6.45) is 0. The molecule has 1 aliphatic rings. The zero-order valence-corrected chi connectivity index (χ0v) is 11.6. The second-order valence-corrected chi connectivity index (χ2v) is 5.62. The number of nitrogens with one attached hydrogen (secondary N) is 1. The first-order valence-corrected chi connectivity index (χ1v) is 7.41. The molecule has 0 atom stereocenters. The van der Waals surface area contributed by atoms with Gasteiger partial charge in [0.2, 0.25) is 0 Å². The molecule has 1 saturated heterocycles. The van der Waals surface area contributed by atoms with Gasteiger partial charge in [-0.05, 0) is 6.07 Å². The maximum Gasteiger partial charge on any atom is 0.295 e. The molecule has 2 rings (SSSR count). The molecule has 5 nitrogen and oxygen atoms in total. The van der Waals surface area contributed by atoms with Crippen molar-refractivity contribution in [1.82, 2.24) is 4.90 Å². The van der Waals surface area contributed by atoms with Gasteiger partial charge in [-0.2, -0.15) is 11.8 Å². The molecule has 0 saturated carbocycles. The summed E-state index contributed by atoms with van der Waals surface area (Å²) in [6.45, 7) is 2.87. The summed E-state index contributed by atoms with van der Waals surface area (Å²) in [5.74, 6) is -0.191. The lowest BCUT2D eigenvalue weighted by Gasteiger charge is -2.26. The molecule has 1 aliphatic heterocycles. The van der Waals surface area contributed by atoms with Crippen LogP contribution in [0.5, 0.6) is 0 Å². The average Bonchev–Trinajstić information content (AvgIpc) is 2.44. The van der Waals surface area contributed by atoms with Crippen LogP contribution in [0.3, 0.4) is 0 Å². The van der Waals surface area contributed by atoms with Gasteiger partial charge < -0.3 is 5.32 Å². The van der Waals surface area contributed by atoms with E-state index in [1.54, 1.807) is 0 Å². The summed E-state index contributed by atoms with van der Waals surface area (Å²) < 4.78 is 26.8. The number of hydrogen-bond acceptors (Lipinski definition) is 5. The molecular weight excluding hydrogens is 288 g/mol. The van der Waals surface area contributed by atoms with Crippen LogP contribution in [0.2, 0.25) is 0 Å². The maximum absolute atomic E-state index is 13.6. The van der Waals surface area contributed by atoms with Gasteiger partial charge in [-0.1, -0.05) is 0 Å². The molecule has 1 heterocycles. The van der Waals surface area contributed by atoms with Crippen LogP contribution in [-0.4, -0.2) is 47.5 Å². The SMILES string of the molecule is O=[N+]([O-])c1ccc(F)c(F)c1NCCN1CCSCC1. The molecular formula is C12H15F2N3O2S. The van der Waals surface area contributed by atoms with Crippen molar-refractivity contribution in [2.24, 2.45) is 0 Å². The van der Waals surface area contributed by atoms with Gasteiger partial charge in [-0.15, -0.1) is 0 Å². The minimum Gasteiger partial charge on any atom is -0.376 e. The monoisotopic (exact) mass is 303 g/mol. The Balaban J connectivity index is 2.00. The highest BCUT2D eigenvalue weighted by atomic mass is 32.2. The number of rotatable bonds is 5. The van der Waals surface area contributed by atoms with Crippen LogP contribution in [-0.2, 0) is 0 Å². The predicted molar refractivity (Wildman–Crippen MR) is 75.3 cm³/mol. The number of hydrogen-bond donors (Lipinski definition) is 1. The Morgan fingerprint density at radius 2 is 2.05 bits per heavy atom. The Hall–Kier alpha value is -1.41. The predicted octanol–water partition coefficient (Wildman–Crippen LogP) is 2.33. The largest absolute Gasteiger partial charge is 0.376 e. The van der Waals surface area contributed by atoms with E-state index in [1.165, 1.54) is 0 Å². The lowest BCUT2D eigenvalue weighted by molar-refractivity contribution is -0.384. The first-order valence-electron chi connectivity index (χ1n) is 6.26. The highest BCUT2D eigenvalue weighted by molar-refractivity contribution is 7.99. The van der Waals surface area contributed by atoms with E-state index in [-0.39, 0.29) is 5.69 Å². The fraction of sp³-hybridized carbons (Fsp3) is 0.500. The van der Waals surface area contributed by atoms with Crippen molar-refractivity contribution in [2.75, 3.05) is 43.0 Å². The van der Waals surface area contributed by atoms with Crippen LogP contribution < -0.4 is 5.32 Å². The number of anilines is 1. The van der Waals surface area contributed by atoms with Crippen LogP contribution >= 0.6 is 11.8 Å². The van der Waals surface area contributed by atoms with Crippen LogP contribution in [0.25, 0.3) is 0 Å². The molecule has 0 aliphatic carbocycles. The number of nitro groups is 1. The van der Waals surface area contributed by atoms with E-state index in [1.807, 2.05) is 11.8 Å². The summed E-state index contributed by atoms with van der Waals surface area (Å²) >= 11 is 1.88. The fourth-order valence-electron chi connectivity index (χ4n) is 2.02. The number of benzene rings is 1. The van der Waals surface area contributed by atoms with Gasteiger partial charge in [0.05, 0.1) is 4.92 Å². The molecule has 1 N–H and O–H groups in total. The van der Waals surface area contributed by atoms with Gasteiger partial charge in [0.25, 0.3) is 5.69 Å². The van der Waals surface area contributed by atoms with Crippen molar-refractivity contribution in [3.05, 3.63) is 33.9 Å². The minimum absolute atomic E-state index is 0.339. The molecule has 0 bridgehead atoms. The topological polar surface area (TPSA) is 58.4 Å². The molecule has 0 radical (unpaired) electrons.